The van der Waals surface area contributed by atoms with E-state index in [-0.39, 0.29) is 19.3 Å². The maximum absolute atomic E-state index is 12.1. The Labute approximate surface area is 166 Å². The molecule has 0 bridgehead atoms. The lowest BCUT2D eigenvalue weighted by Gasteiger charge is -2.26. The largest absolute Gasteiger partial charge is 0.486 e. The number of esters is 1. The highest BCUT2D eigenvalue weighted by molar-refractivity contribution is 5.91. The summed E-state index contributed by atoms with van der Waals surface area (Å²) in [5.74, 6) is 0.314. The van der Waals surface area contributed by atoms with Crippen molar-refractivity contribution in [2.24, 2.45) is 0 Å². The summed E-state index contributed by atoms with van der Waals surface area (Å²) in [7, 11) is 0. The third kappa shape index (κ3) is 4.52. The number of aromatic nitrogens is 3. The van der Waals surface area contributed by atoms with Crippen LogP contribution < -0.4 is 14.8 Å². The summed E-state index contributed by atoms with van der Waals surface area (Å²) >= 11 is 0. The molecule has 0 radical (unpaired) electrons. The molecule has 29 heavy (non-hydrogen) atoms. The lowest BCUT2D eigenvalue weighted by molar-refractivity contribution is -0.124. The lowest BCUT2D eigenvalue weighted by Crippen LogP contribution is -2.42. The number of carbonyl (C=O) groups is 2. The summed E-state index contributed by atoms with van der Waals surface area (Å²) in [6.45, 7) is 0.195. The number of nitrogens with zero attached hydrogens (tertiary/aromatic N) is 3. The maximum Gasteiger partial charge on any atom is 0.338 e. The predicted molar refractivity (Wildman–Crippen MR) is 101 cm³/mol. The van der Waals surface area contributed by atoms with Crippen LogP contribution in [0.1, 0.15) is 10.4 Å². The molecule has 1 amide bonds. The van der Waals surface area contributed by atoms with E-state index in [0.29, 0.717) is 23.7 Å². The second kappa shape index (κ2) is 8.42. The van der Waals surface area contributed by atoms with Crippen LogP contribution in [0.2, 0.25) is 0 Å². The molecule has 1 aromatic heterocycles. The molecule has 9 heteroatoms. The van der Waals surface area contributed by atoms with Gasteiger partial charge in [-0.25, -0.2) is 14.5 Å². The zero-order chi connectivity index (χ0) is 20.1. The van der Waals surface area contributed by atoms with E-state index < -0.39 is 11.9 Å². The lowest BCUT2D eigenvalue weighted by atomic mass is 10.2. The van der Waals surface area contributed by atoms with Gasteiger partial charge in [0.25, 0.3) is 5.91 Å². The van der Waals surface area contributed by atoms with Gasteiger partial charge in [0.2, 0.25) is 0 Å². The van der Waals surface area contributed by atoms with E-state index in [4.69, 9.17) is 14.2 Å². The Bertz CT molecular complexity index is 988. The summed E-state index contributed by atoms with van der Waals surface area (Å²) in [4.78, 5) is 27.9. The van der Waals surface area contributed by atoms with Gasteiger partial charge in [0.15, 0.2) is 18.1 Å². The van der Waals surface area contributed by atoms with E-state index in [2.05, 4.69) is 15.4 Å². The molecule has 3 aromatic rings. The summed E-state index contributed by atoms with van der Waals surface area (Å²) in [5.41, 5.74) is 1.09. The highest BCUT2D eigenvalue weighted by Crippen LogP contribution is 2.30. The van der Waals surface area contributed by atoms with Crippen LogP contribution in [0.4, 0.5) is 0 Å². The monoisotopic (exact) mass is 394 g/mol. The molecule has 1 aliphatic heterocycles. The van der Waals surface area contributed by atoms with Crippen molar-refractivity contribution in [2.75, 3.05) is 19.8 Å². The molecule has 1 N–H and O–H groups in total. The Kier molecular flexibility index (Phi) is 5.37. The first-order valence-corrected chi connectivity index (χ1v) is 8.96. The summed E-state index contributed by atoms with van der Waals surface area (Å²) in [6, 6.07) is 14.0. The summed E-state index contributed by atoms with van der Waals surface area (Å²) in [5, 5.41) is 6.69. The van der Waals surface area contributed by atoms with Gasteiger partial charge in [0, 0.05) is 0 Å². The first-order valence-electron chi connectivity index (χ1n) is 8.96. The van der Waals surface area contributed by atoms with Crippen LogP contribution in [0.25, 0.3) is 5.69 Å². The molecule has 2 heterocycles. The highest BCUT2D eigenvalue weighted by atomic mass is 16.6. The smallest absolute Gasteiger partial charge is 0.338 e. The van der Waals surface area contributed by atoms with Gasteiger partial charge in [-0.3, -0.25) is 4.79 Å². The number of rotatable bonds is 6. The van der Waals surface area contributed by atoms with Gasteiger partial charge >= 0.3 is 5.97 Å². The molecule has 0 aliphatic carbocycles. The van der Waals surface area contributed by atoms with Crippen LogP contribution in [0.15, 0.2) is 61.2 Å². The third-order valence-corrected chi connectivity index (χ3v) is 4.22. The normalized spacial score (nSPS) is 14.8. The minimum atomic E-state index is -0.587. The number of nitrogens with one attached hydrogen (secondary N) is 1. The SMILES string of the molecule is O=C(COC(=O)c1ccc(-n2cncn2)cc1)NC[C@@H]1COc2ccccc2O1. The molecule has 1 aliphatic rings. The third-order valence-electron chi connectivity index (χ3n) is 4.22. The number of ether oxygens (including phenoxy) is 3. The molecular weight excluding hydrogens is 376 g/mol. The Morgan fingerprint density at radius 2 is 1.93 bits per heavy atom. The fourth-order valence-corrected chi connectivity index (χ4v) is 2.75. The molecule has 0 saturated carbocycles. The Hall–Kier alpha value is -3.88. The Morgan fingerprint density at radius 1 is 1.14 bits per heavy atom. The molecule has 9 nitrogen and oxygen atoms in total. The van der Waals surface area contributed by atoms with Crippen molar-refractivity contribution in [1.29, 1.82) is 0 Å². The minimum Gasteiger partial charge on any atom is -0.486 e. The second-order valence-corrected chi connectivity index (χ2v) is 6.26. The van der Waals surface area contributed by atoms with E-state index in [1.54, 1.807) is 41.3 Å². The number of amides is 1. The number of benzene rings is 2. The van der Waals surface area contributed by atoms with E-state index in [1.807, 2.05) is 18.2 Å². The molecule has 0 unspecified atom stereocenters. The standard InChI is InChI=1S/C20H18N4O5/c25-19(22-9-16-10-27-17-3-1-2-4-18(17)29-16)11-28-20(26)14-5-7-15(8-6-14)24-13-21-12-23-24/h1-8,12-13,16H,9-11H2,(H,22,25)/t16-/m1/s1. The highest BCUT2D eigenvalue weighted by Gasteiger charge is 2.21. The molecule has 1 atom stereocenters. The quantitative estimate of drug-likeness (QED) is 0.630. The number of para-hydroxylation sites is 2. The van der Waals surface area contributed by atoms with Crippen molar-refractivity contribution in [2.45, 2.75) is 6.10 Å². The van der Waals surface area contributed by atoms with Gasteiger partial charge in [-0.2, -0.15) is 5.10 Å². The molecule has 2 aromatic carbocycles. The molecule has 148 valence electrons. The second-order valence-electron chi connectivity index (χ2n) is 6.26. The van der Waals surface area contributed by atoms with Crippen molar-refractivity contribution >= 4 is 11.9 Å². The number of carbonyl (C=O) groups excluding carboxylic acids is 2. The predicted octanol–water partition coefficient (Wildman–Crippen LogP) is 1.38. The summed E-state index contributed by atoms with van der Waals surface area (Å²) in [6.07, 6.45) is 2.66. The number of hydrogen-bond acceptors (Lipinski definition) is 7. The van der Waals surface area contributed by atoms with Crippen LogP contribution in [0.5, 0.6) is 11.5 Å². The van der Waals surface area contributed by atoms with Gasteiger partial charge < -0.3 is 19.5 Å². The van der Waals surface area contributed by atoms with Crippen molar-refractivity contribution < 1.29 is 23.8 Å². The van der Waals surface area contributed by atoms with E-state index >= 15 is 0 Å². The van der Waals surface area contributed by atoms with Crippen LogP contribution in [-0.4, -0.2) is 52.5 Å². The minimum absolute atomic E-state index is 0.247. The van der Waals surface area contributed by atoms with Gasteiger partial charge in [-0.05, 0) is 36.4 Å². The van der Waals surface area contributed by atoms with Gasteiger partial charge in [0.05, 0.1) is 17.8 Å². The van der Waals surface area contributed by atoms with Gasteiger partial charge in [0.1, 0.15) is 25.4 Å². The topological polar surface area (TPSA) is 105 Å². The zero-order valence-corrected chi connectivity index (χ0v) is 15.4. The number of fused-ring (bicyclic) bond motifs is 1. The van der Waals surface area contributed by atoms with Gasteiger partial charge in [-0.1, -0.05) is 12.1 Å². The van der Waals surface area contributed by atoms with E-state index in [1.165, 1.54) is 6.33 Å². The Balaban J connectivity index is 1.22. The molecule has 4 rings (SSSR count). The molecule has 0 saturated heterocycles. The van der Waals surface area contributed by atoms with Crippen LogP contribution in [-0.2, 0) is 9.53 Å². The fraction of sp³-hybridized carbons (Fsp3) is 0.200. The van der Waals surface area contributed by atoms with E-state index in [9.17, 15) is 9.59 Å². The number of hydrogen-bond donors (Lipinski definition) is 1. The molecule has 0 fully saturated rings. The average Bonchev–Trinajstić information content (AvgIpc) is 3.31. The molecular formula is C20H18N4O5. The maximum atomic E-state index is 12.1. The van der Waals surface area contributed by atoms with Gasteiger partial charge in [-0.15, -0.1) is 0 Å². The van der Waals surface area contributed by atoms with Crippen molar-refractivity contribution in [1.82, 2.24) is 20.1 Å². The first-order chi connectivity index (χ1) is 14.2. The molecule has 0 spiro atoms. The Morgan fingerprint density at radius 3 is 2.69 bits per heavy atom. The summed E-state index contributed by atoms with van der Waals surface area (Å²) < 4.78 is 18.0. The average molecular weight is 394 g/mol. The van der Waals surface area contributed by atoms with Crippen molar-refractivity contribution in [3.63, 3.8) is 0 Å². The zero-order valence-electron chi connectivity index (χ0n) is 15.4. The fourth-order valence-electron chi connectivity index (χ4n) is 2.75. The van der Waals surface area contributed by atoms with Crippen LogP contribution in [0, 0.1) is 0 Å². The van der Waals surface area contributed by atoms with Crippen molar-refractivity contribution in [3.05, 3.63) is 66.7 Å². The van der Waals surface area contributed by atoms with E-state index in [0.717, 1.165) is 5.69 Å². The first kappa shape index (κ1) is 18.5. The van der Waals surface area contributed by atoms with Crippen LogP contribution >= 0.6 is 0 Å². The van der Waals surface area contributed by atoms with Crippen LogP contribution in [0.3, 0.4) is 0 Å². The van der Waals surface area contributed by atoms with Crippen molar-refractivity contribution in [3.8, 4) is 17.2 Å².